The Morgan fingerprint density at radius 3 is 1.71 bits per heavy atom. The van der Waals surface area contributed by atoms with E-state index in [0.717, 1.165) is 24.9 Å². The van der Waals surface area contributed by atoms with Crippen molar-refractivity contribution in [2.24, 2.45) is 0 Å². The number of carboxylic acids is 1. The monoisotopic (exact) mass is 339 g/mol. The molecule has 2 fully saturated rings. The van der Waals surface area contributed by atoms with Gasteiger partial charge in [0, 0.05) is 18.5 Å². The molecular formula is C21H41NO2. The summed E-state index contributed by atoms with van der Waals surface area (Å²) >= 11 is 0. The van der Waals surface area contributed by atoms with E-state index < -0.39 is 5.97 Å². The van der Waals surface area contributed by atoms with Gasteiger partial charge in [-0.15, -0.1) is 0 Å². The average molecular weight is 340 g/mol. The topological polar surface area (TPSA) is 49.3 Å². The first-order chi connectivity index (χ1) is 11.7. The molecular weight excluding hydrogens is 298 g/mol. The van der Waals surface area contributed by atoms with Crippen LogP contribution in [-0.2, 0) is 4.79 Å². The van der Waals surface area contributed by atoms with E-state index in [9.17, 15) is 4.79 Å². The number of rotatable bonds is 9. The third kappa shape index (κ3) is 11.9. The maximum atomic E-state index is 10.1. The SMILES string of the molecule is C1CCC(NC2CCCCC2)CC1.CCCCCCCCC(=O)O. The minimum absolute atomic E-state index is 0.339. The van der Waals surface area contributed by atoms with Gasteiger partial charge in [0.2, 0.25) is 0 Å². The zero-order valence-electron chi connectivity index (χ0n) is 16.0. The van der Waals surface area contributed by atoms with E-state index in [-0.39, 0.29) is 0 Å². The molecule has 0 unspecified atom stereocenters. The highest BCUT2D eigenvalue weighted by atomic mass is 16.4. The van der Waals surface area contributed by atoms with E-state index in [0.29, 0.717) is 6.42 Å². The fourth-order valence-electron chi connectivity index (χ4n) is 3.93. The number of hydrogen-bond donors (Lipinski definition) is 2. The predicted octanol–water partition coefficient (Wildman–Crippen LogP) is 6.06. The molecule has 3 nitrogen and oxygen atoms in total. The Labute approximate surface area is 150 Å². The molecule has 0 saturated heterocycles. The number of unbranched alkanes of at least 4 members (excludes halogenated alkanes) is 5. The highest BCUT2D eigenvalue weighted by Gasteiger charge is 2.19. The first-order valence-electron chi connectivity index (χ1n) is 10.7. The molecule has 0 aromatic carbocycles. The summed E-state index contributed by atoms with van der Waals surface area (Å²) in [5.41, 5.74) is 0. The second-order valence-electron chi connectivity index (χ2n) is 7.75. The van der Waals surface area contributed by atoms with Crippen molar-refractivity contribution in [1.29, 1.82) is 0 Å². The minimum atomic E-state index is -0.666. The van der Waals surface area contributed by atoms with Crippen molar-refractivity contribution in [3.63, 3.8) is 0 Å². The summed E-state index contributed by atoms with van der Waals surface area (Å²) < 4.78 is 0. The molecule has 24 heavy (non-hydrogen) atoms. The number of aliphatic carboxylic acids is 1. The molecule has 0 aromatic rings. The minimum Gasteiger partial charge on any atom is -0.481 e. The van der Waals surface area contributed by atoms with Gasteiger partial charge in [0.15, 0.2) is 0 Å². The van der Waals surface area contributed by atoms with Gasteiger partial charge in [-0.05, 0) is 32.1 Å². The molecule has 142 valence electrons. The van der Waals surface area contributed by atoms with Gasteiger partial charge in [0.1, 0.15) is 0 Å². The molecule has 2 aliphatic carbocycles. The highest BCUT2D eigenvalue weighted by molar-refractivity contribution is 5.66. The zero-order valence-corrected chi connectivity index (χ0v) is 16.0. The van der Waals surface area contributed by atoms with E-state index in [1.165, 1.54) is 89.9 Å². The second-order valence-corrected chi connectivity index (χ2v) is 7.75. The molecule has 0 amide bonds. The highest BCUT2D eigenvalue weighted by Crippen LogP contribution is 2.22. The van der Waals surface area contributed by atoms with Crippen LogP contribution in [0, 0.1) is 0 Å². The average Bonchev–Trinajstić information content (AvgIpc) is 2.60. The van der Waals surface area contributed by atoms with Gasteiger partial charge in [-0.2, -0.15) is 0 Å². The summed E-state index contributed by atoms with van der Waals surface area (Å²) in [6.07, 6.45) is 21.8. The largest absolute Gasteiger partial charge is 0.481 e. The van der Waals surface area contributed by atoms with Gasteiger partial charge in [-0.3, -0.25) is 4.79 Å². The molecule has 0 atom stereocenters. The van der Waals surface area contributed by atoms with Crippen LogP contribution in [0.4, 0.5) is 0 Å². The molecule has 2 rings (SSSR count). The summed E-state index contributed by atoms with van der Waals surface area (Å²) in [7, 11) is 0. The summed E-state index contributed by atoms with van der Waals surface area (Å²) in [6, 6.07) is 1.74. The van der Waals surface area contributed by atoms with E-state index in [2.05, 4.69) is 12.2 Å². The Hall–Kier alpha value is -0.570. The quantitative estimate of drug-likeness (QED) is 0.502. The van der Waals surface area contributed by atoms with Crippen LogP contribution in [-0.4, -0.2) is 23.2 Å². The van der Waals surface area contributed by atoms with Crippen molar-refractivity contribution in [2.45, 2.75) is 128 Å². The lowest BCUT2D eigenvalue weighted by atomic mass is 9.91. The molecule has 3 heteroatoms. The first kappa shape index (κ1) is 21.5. The van der Waals surface area contributed by atoms with Crippen LogP contribution in [0.15, 0.2) is 0 Å². The Balaban J connectivity index is 0.000000245. The molecule has 0 spiro atoms. The number of hydrogen-bond acceptors (Lipinski definition) is 2. The Kier molecular flexibility index (Phi) is 13.2. The maximum absolute atomic E-state index is 10.1. The standard InChI is InChI=1S/C12H23N.C9H18O2/c1-3-7-11(8-4-1)13-12-9-5-2-6-10-12;1-2-3-4-5-6-7-8-9(10)11/h11-13H,1-10H2;2-8H2,1H3,(H,10,11). The van der Waals surface area contributed by atoms with Crippen molar-refractivity contribution in [3.05, 3.63) is 0 Å². The van der Waals surface area contributed by atoms with Crippen molar-refractivity contribution >= 4 is 5.97 Å². The van der Waals surface area contributed by atoms with Crippen LogP contribution in [0.25, 0.3) is 0 Å². The summed E-state index contributed by atoms with van der Waals surface area (Å²) in [4.78, 5) is 10.1. The zero-order chi connectivity index (χ0) is 17.5. The molecule has 0 heterocycles. The third-order valence-corrected chi connectivity index (χ3v) is 5.43. The van der Waals surface area contributed by atoms with Gasteiger partial charge < -0.3 is 10.4 Å². The summed E-state index contributed by atoms with van der Waals surface area (Å²) in [5.74, 6) is -0.666. The molecule has 0 radical (unpaired) electrons. The van der Waals surface area contributed by atoms with Crippen molar-refractivity contribution in [3.8, 4) is 0 Å². The van der Waals surface area contributed by atoms with Gasteiger partial charge in [-0.25, -0.2) is 0 Å². The van der Waals surface area contributed by atoms with Gasteiger partial charge in [0.25, 0.3) is 0 Å². The Morgan fingerprint density at radius 2 is 1.25 bits per heavy atom. The van der Waals surface area contributed by atoms with Crippen LogP contribution >= 0.6 is 0 Å². The number of carboxylic acid groups (broad SMARTS) is 1. The maximum Gasteiger partial charge on any atom is 0.303 e. The molecule has 2 N–H and O–H groups in total. The fraction of sp³-hybridized carbons (Fsp3) is 0.952. The first-order valence-corrected chi connectivity index (χ1v) is 10.7. The Bertz CT molecular complexity index is 278. The molecule has 0 aliphatic heterocycles. The van der Waals surface area contributed by atoms with E-state index in [1.807, 2.05) is 0 Å². The molecule has 0 aromatic heterocycles. The van der Waals surface area contributed by atoms with Crippen LogP contribution in [0.3, 0.4) is 0 Å². The molecule has 2 saturated carbocycles. The number of carbonyl (C=O) groups is 1. The predicted molar refractivity (Wildman–Crippen MR) is 103 cm³/mol. The van der Waals surface area contributed by atoms with Crippen molar-refractivity contribution in [2.75, 3.05) is 0 Å². The van der Waals surface area contributed by atoms with Gasteiger partial charge >= 0.3 is 5.97 Å². The second kappa shape index (κ2) is 14.7. The Morgan fingerprint density at radius 1 is 0.792 bits per heavy atom. The van der Waals surface area contributed by atoms with Crippen molar-refractivity contribution < 1.29 is 9.90 Å². The molecule has 2 aliphatic rings. The van der Waals surface area contributed by atoms with E-state index >= 15 is 0 Å². The lowest BCUT2D eigenvalue weighted by molar-refractivity contribution is -0.137. The van der Waals surface area contributed by atoms with Crippen LogP contribution in [0.1, 0.15) is 116 Å². The lowest BCUT2D eigenvalue weighted by Gasteiger charge is -2.30. The number of nitrogens with one attached hydrogen (secondary N) is 1. The lowest BCUT2D eigenvalue weighted by Crippen LogP contribution is -2.40. The smallest absolute Gasteiger partial charge is 0.303 e. The third-order valence-electron chi connectivity index (χ3n) is 5.43. The van der Waals surface area contributed by atoms with E-state index in [1.54, 1.807) is 0 Å². The summed E-state index contributed by atoms with van der Waals surface area (Å²) in [5, 5.41) is 12.2. The van der Waals surface area contributed by atoms with Gasteiger partial charge in [-0.1, -0.05) is 77.6 Å². The summed E-state index contributed by atoms with van der Waals surface area (Å²) in [6.45, 7) is 2.18. The van der Waals surface area contributed by atoms with Gasteiger partial charge in [0.05, 0.1) is 0 Å². The van der Waals surface area contributed by atoms with Crippen LogP contribution in [0.2, 0.25) is 0 Å². The van der Waals surface area contributed by atoms with Crippen molar-refractivity contribution in [1.82, 2.24) is 5.32 Å². The van der Waals surface area contributed by atoms with E-state index in [4.69, 9.17) is 5.11 Å². The molecule has 0 bridgehead atoms. The normalized spacial score (nSPS) is 19.5. The van der Waals surface area contributed by atoms with Crippen LogP contribution in [0.5, 0.6) is 0 Å². The fourth-order valence-corrected chi connectivity index (χ4v) is 3.93. The van der Waals surface area contributed by atoms with Crippen LogP contribution < -0.4 is 5.32 Å².